The van der Waals surface area contributed by atoms with E-state index in [4.69, 9.17) is 9.47 Å². The third-order valence-electron chi connectivity index (χ3n) is 4.22. The van der Waals surface area contributed by atoms with Crippen molar-refractivity contribution in [2.75, 3.05) is 7.11 Å². The number of ketones is 1. The molecule has 0 saturated heterocycles. The van der Waals surface area contributed by atoms with Gasteiger partial charge >= 0.3 is 5.97 Å². The molecule has 0 amide bonds. The summed E-state index contributed by atoms with van der Waals surface area (Å²) in [5.41, 5.74) is 1.91. The Kier molecular flexibility index (Phi) is 4.15. The van der Waals surface area contributed by atoms with Gasteiger partial charge in [0, 0.05) is 12.8 Å². The molecular formula is C19H18O4. The van der Waals surface area contributed by atoms with Gasteiger partial charge in [0.2, 0.25) is 0 Å². The van der Waals surface area contributed by atoms with Crippen LogP contribution < -0.4 is 4.74 Å². The van der Waals surface area contributed by atoms with E-state index in [1.807, 2.05) is 54.6 Å². The SMILES string of the molecule is COc1ccc([C@@H]2C(=O)[C@H](OC(C)=O)[C@H]2c2ccccc2)cc1. The van der Waals surface area contributed by atoms with Crippen LogP contribution in [-0.4, -0.2) is 25.0 Å². The fourth-order valence-corrected chi connectivity index (χ4v) is 3.12. The first-order valence-electron chi connectivity index (χ1n) is 7.51. The van der Waals surface area contributed by atoms with Crippen molar-refractivity contribution < 1.29 is 19.1 Å². The summed E-state index contributed by atoms with van der Waals surface area (Å²) in [5, 5.41) is 0. The van der Waals surface area contributed by atoms with Gasteiger partial charge in [0.25, 0.3) is 0 Å². The van der Waals surface area contributed by atoms with Crippen LogP contribution in [0.25, 0.3) is 0 Å². The predicted molar refractivity (Wildman–Crippen MR) is 85.5 cm³/mol. The maximum absolute atomic E-state index is 12.5. The number of methoxy groups -OCH3 is 1. The number of ether oxygens (including phenoxy) is 2. The van der Waals surface area contributed by atoms with Gasteiger partial charge in [-0.1, -0.05) is 42.5 Å². The molecule has 0 spiro atoms. The first kappa shape index (κ1) is 15.3. The van der Waals surface area contributed by atoms with Gasteiger partial charge in [-0.15, -0.1) is 0 Å². The monoisotopic (exact) mass is 310 g/mol. The summed E-state index contributed by atoms with van der Waals surface area (Å²) in [7, 11) is 1.60. The van der Waals surface area contributed by atoms with Gasteiger partial charge in [0.05, 0.1) is 13.0 Å². The molecule has 1 saturated carbocycles. The number of Topliss-reactive ketones (excluding diaryl/α,β-unsaturated/α-hetero) is 1. The van der Waals surface area contributed by atoms with Crippen LogP contribution in [0.1, 0.15) is 29.9 Å². The van der Waals surface area contributed by atoms with Gasteiger partial charge in [-0.2, -0.15) is 0 Å². The van der Waals surface area contributed by atoms with Crippen LogP contribution in [0.15, 0.2) is 54.6 Å². The first-order valence-corrected chi connectivity index (χ1v) is 7.51. The minimum Gasteiger partial charge on any atom is -0.497 e. The molecule has 118 valence electrons. The van der Waals surface area contributed by atoms with E-state index in [2.05, 4.69) is 0 Å². The lowest BCUT2D eigenvalue weighted by atomic mass is 9.63. The molecule has 0 N–H and O–H groups in total. The Morgan fingerprint density at radius 2 is 1.61 bits per heavy atom. The zero-order chi connectivity index (χ0) is 16.4. The highest BCUT2D eigenvalue weighted by Crippen LogP contribution is 2.48. The molecule has 3 rings (SSSR count). The second kappa shape index (κ2) is 6.24. The fourth-order valence-electron chi connectivity index (χ4n) is 3.12. The maximum atomic E-state index is 12.5. The summed E-state index contributed by atoms with van der Waals surface area (Å²) >= 11 is 0. The number of carbonyl (C=O) groups excluding carboxylic acids is 2. The van der Waals surface area contributed by atoms with E-state index in [1.165, 1.54) is 6.92 Å². The molecule has 0 aliphatic heterocycles. The molecule has 2 aromatic rings. The fraction of sp³-hybridized carbons (Fsp3) is 0.263. The van der Waals surface area contributed by atoms with Gasteiger partial charge < -0.3 is 9.47 Å². The lowest BCUT2D eigenvalue weighted by Gasteiger charge is -2.42. The van der Waals surface area contributed by atoms with Crippen molar-refractivity contribution in [1.29, 1.82) is 0 Å². The quantitative estimate of drug-likeness (QED) is 0.814. The maximum Gasteiger partial charge on any atom is 0.303 e. The van der Waals surface area contributed by atoms with E-state index in [-0.39, 0.29) is 17.6 Å². The summed E-state index contributed by atoms with van der Waals surface area (Å²) in [6.45, 7) is 1.33. The number of benzene rings is 2. The molecule has 0 unspecified atom stereocenters. The molecule has 0 radical (unpaired) electrons. The molecule has 2 aromatic carbocycles. The lowest BCUT2D eigenvalue weighted by Crippen LogP contribution is -2.50. The highest BCUT2D eigenvalue weighted by Gasteiger charge is 2.53. The van der Waals surface area contributed by atoms with Crippen molar-refractivity contribution >= 4 is 11.8 Å². The Hall–Kier alpha value is -2.62. The smallest absolute Gasteiger partial charge is 0.303 e. The molecule has 1 aliphatic rings. The minimum atomic E-state index is -0.706. The number of hydrogen-bond acceptors (Lipinski definition) is 4. The number of esters is 1. The van der Waals surface area contributed by atoms with Crippen molar-refractivity contribution in [3.05, 3.63) is 65.7 Å². The van der Waals surface area contributed by atoms with E-state index < -0.39 is 12.1 Å². The van der Waals surface area contributed by atoms with Crippen LogP contribution in [0, 0.1) is 0 Å². The number of hydrogen-bond donors (Lipinski definition) is 0. The molecule has 0 bridgehead atoms. The van der Waals surface area contributed by atoms with Crippen LogP contribution in [0.3, 0.4) is 0 Å². The number of carbonyl (C=O) groups is 2. The third-order valence-corrected chi connectivity index (χ3v) is 4.22. The molecule has 1 aliphatic carbocycles. The van der Waals surface area contributed by atoms with Crippen LogP contribution in [0.2, 0.25) is 0 Å². The van der Waals surface area contributed by atoms with E-state index in [0.29, 0.717) is 0 Å². The van der Waals surface area contributed by atoms with Crippen LogP contribution in [0.4, 0.5) is 0 Å². The van der Waals surface area contributed by atoms with Gasteiger partial charge in [0.1, 0.15) is 5.75 Å². The van der Waals surface area contributed by atoms with E-state index in [9.17, 15) is 9.59 Å². The Morgan fingerprint density at radius 1 is 0.957 bits per heavy atom. The van der Waals surface area contributed by atoms with Gasteiger partial charge in [-0.25, -0.2) is 0 Å². The van der Waals surface area contributed by atoms with Crippen molar-refractivity contribution in [2.24, 2.45) is 0 Å². The van der Waals surface area contributed by atoms with E-state index in [0.717, 1.165) is 16.9 Å². The van der Waals surface area contributed by atoms with Crippen LogP contribution in [-0.2, 0) is 14.3 Å². The molecule has 4 nitrogen and oxygen atoms in total. The van der Waals surface area contributed by atoms with E-state index >= 15 is 0 Å². The molecule has 23 heavy (non-hydrogen) atoms. The molecule has 1 fully saturated rings. The van der Waals surface area contributed by atoms with Crippen LogP contribution in [0.5, 0.6) is 5.75 Å². The topological polar surface area (TPSA) is 52.6 Å². The second-order valence-corrected chi connectivity index (χ2v) is 5.62. The first-order chi connectivity index (χ1) is 11.1. The minimum absolute atomic E-state index is 0.0563. The Balaban J connectivity index is 1.94. The Bertz CT molecular complexity index is 706. The van der Waals surface area contributed by atoms with Crippen molar-refractivity contribution in [2.45, 2.75) is 24.9 Å². The summed E-state index contributed by atoms with van der Waals surface area (Å²) in [4.78, 5) is 23.8. The van der Waals surface area contributed by atoms with Crippen molar-refractivity contribution in [3.8, 4) is 5.75 Å². The average molecular weight is 310 g/mol. The van der Waals surface area contributed by atoms with E-state index in [1.54, 1.807) is 7.11 Å². The number of rotatable bonds is 4. The Morgan fingerprint density at radius 3 is 2.17 bits per heavy atom. The van der Waals surface area contributed by atoms with Gasteiger partial charge in [0.15, 0.2) is 11.9 Å². The van der Waals surface area contributed by atoms with Crippen LogP contribution >= 0.6 is 0 Å². The van der Waals surface area contributed by atoms with Gasteiger partial charge in [-0.3, -0.25) is 9.59 Å². The van der Waals surface area contributed by atoms with Crippen molar-refractivity contribution in [1.82, 2.24) is 0 Å². The lowest BCUT2D eigenvalue weighted by molar-refractivity contribution is -0.163. The largest absolute Gasteiger partial charge is 0.497 e. The second-order valence-electron chi connectivity index (χ2n) is 5.62. The standard InChI is InChI=1S/C19H18O4/c1-12(20)23-19-17(13-6-4-3-5-7-13)16(18(19)21)14-8-10-15(22-2)11-9-14/h3-11,16-17,19H,1-2H3/t16-,17-,19+/m0/s1. The highest BCUT2D eigenvalue weighted by molar-refractivity contribution is 5.99. The summed E-state index contributed by atoms with van der Waals surface area (Å²) in [6.07, 6.45) is -0.706. The van der Waals surface area contributed by atoms with Crippen molar-refractivity contribution in [3.63, 3.8) is 0 Å². The normalized spacial score (nSPS) is 23.0. The molecule has 3 atom stereocenters. The third kappa shape index (κ3) is 2.84. The molecule has 0 aromatic heterocycles. The molecule has 4 heteroatoms. The predicted octanol–water partition coefficient (Wildman–Crippen LogP) is 3.08. The summed E-state index contributed by atoms with van der Waals surface area (Å²) in [5.74, 6) is -0.196. The highest BCUT2D eigenvalue weighted by atomic mass is 16.5. The molecule has 0 heterocycles. The summed E-state index contributed by atoms with van der Waals surface area (Å²) in [6, 6.07) is 17.2. The average Bonchev–Trinajstić information content (AvgIpc) is 2.58. The zero-order valence-corrected chi connectivity index (χ0v) is 13.1. The molecular weight excluding hydrogens is 292 g/mol. The zero-order valence-electron chi connectivity index (χ0n) is 13.1. The summed E-state index contributed by atoms with van der Waals surface area (Å²) < 4.78 is 10.4. The Labute approximate surface area is 135 Å². The van der Waals surface area contributed by atoms with Gasteiger partial charge in [-0.05, 0) is 23.3 Å².